The highest BCUT2D eigenvalue weighted by atomic mass is 19.4. The van der Waals surface area contributed by atoms with Gasteiger partial charge < -0.3 is 4.74 Å². The lowest BCUT2D eigenvalue weighted by molar-refractivity contribution is -0.243. The van der Waals surface area contributed by atoms with Gasteiger partial charge in [0.05, 0.1) is 5.71 Å². The van der Waals surface area contributed by atoms with Crippen LogP contribution in [0, 0.1) is 0 Å². The predicted octanol–water partition coefficient (Wildman–Crippen LogP) is 3.67. The second-order valence-corrected chi connectivity index (χ2v) is 3.62. The van der Waals surface area contributed by atoms with Crippen LogP contribution in [0.2, 0.25) is 0 Å². The van der Waals surface area contributed by atoms with Gasteiger partial charge in [0.25, 0.3) is 0 Å². The quantitative estimate of drug-likeness (QED) is 0.716. The van der Waals surface area contributed by atoms with Crippen LogP contribution in [0.1, 0.15) is 20.8 Å². The van der Waals surface area contributed by atoms with E-state index in [0.717, 1.165) is 13.8 Å². The van der Waals surface area contributed by atoms with Gasteiger partial charge in [0.1, 0.15) is 0 Å². The topological polar surface area (TPSA) is 38.7 Å². The zero-order valence-electron chi connectivity index (χ0n) is 9.84. The standard InChI is InChI=1S/C11H14F3NO2/c1-5-7-8(6-2)15-9(16)17-10(3,4)11(12,13)14/h5-7H,2H2,1,3-4H3/b7-5-,15-8?. The largest absolute Gasteiger partial charge is 0.434 e. The second kappa shape index (κ2) is 5.65. The maximum atomic E-state index is 12.4. The summed E-state index contributed by atoms with van der Waals surface area (Å²) in [6.45, 7) is 6.54. The number of amides is 1. The van der Waals surface area contributed by atoms with Crippen molar-refractivity contribution in [1.29, 1.82) is 0 Å². The fourth-order valence-corrected chi connectivity index (χ4v) is 0.726. The molecule has 0 unspecified atom stereocenters. The van der Waals surface area contributed by atoms with Gasteiger partial charge >= 0.3 is 12.3 Å². The zero-order valence-corrected chi connectivity index (χ0v) is 9.84. The Morgan fingerprint density at radius 3 is 2.24 bits per heavy atom. The minimum atomic E-state index is -4.65. The third-order valence-corrected chi connectivity index (χ3v) is 1.79. The number of aliphatic imine (C=N–C) groups is 1. The van der Waals surface area contributed by atoms with E-state index in [1.165, 1.54) is 12.2 Å². The highest BCUT2D eigenvalue weighted by molar-refractivity contribution is 6.08. The molecule has 0 saturated heterocycles. The molecule has 3 nitrogen and oxygen atoms in total. The Bertz CT molecular complexity index is 354. The number of rotatable bonds is 3. The Morgan fingerprint density at radius 1 is 1.35 bits per heavy atom. The van der Waals surface area contributed by atoms with E-state index in [2.05, 4.69) is 16.3 Å². The van der Waals surface area contributed by atoms with Crippen molar-refractivity contribution in [3.05, 3.63) is 24.8 Å². The Labute approximate surface area is 97.7 Å². The second-order valence-electron chi connectivity index (χ2n) is 3.62. The Balaban J connectivity index is 4.83. The van der Waals surface area contributed by atoms with Crippen LogP contribution in [0.4, 0.5) is 18.0 Å². The average molecular weight is 249 g/mol. The number of allylic oxidation sites excluding steroid dienone is 3. The van der Waals surface area contributed by atoms with E-state index in [1.807, 2.05) is 0 Å². The molecule has 96 valence electrons. The van der Waals surface area contributed by atoms with Crippen molar-refractivity contribution >= 4 is 11.8 Å². The molecule has 0 radical (unpaired) electrons. The summed E-state index contributed by atoms with van der Waals surface area (Å²) in [5, 5.41) is 0. The molecule has 0 aromatic heterocycles. The van der Waals surface area contributed by atoms with Crippen molar-refractivity contribution < 1.29 is 22.7 Å². The number of hydrogen-bond acceptors (Lipinski definition) is 2. The van der Waals surface area contributed by atoms with Gasteiger partial charge in [-0.2, -0.15) is 18.2 Å². The molecule has 0 spiro atoms. The Morgan fingerprint density at radius 2 is 1.88 bits per heavy atom. The minimum Gasteiger partial charge on any atom is -0.432 e. The van der Waals surface area contributed by atoms with Crippen molar-refractivity contribution in [3.8, 4) is 0 Å². The molecule has 0 N–H and O–H groups in total. The zero-order chi connectivity index (χ0) is 13.7. The van der Waals surface area contributed by atoms with Crippen LogP contribution in [0.5, 0.6) is 0 Å². The molecule has 6 heteroatoms. The first kappa shape index (κ1) is 15.4. The first-order valence-corrected chi connectivity index (χ1v) is 4.77. The SMILES string of the molecule is C=CC(/C=C\C)=NC(=O)OC(C)(C)C(F)(F)F. The molecule has 0 aliphatic carbocycles. The van der Waals surface area contributed by atoms with E-state index in [9.17, 15) is 18.0 Å². The molecule has 0 aromatic rings. The van der Waals surface area contributed by atoms with Crippen molar-refractivity contribution in [2.75, 3.05) is 0 Å². The van der Waals surface area contributed by atoms with E-state index in [0.29, 0.717) is 0 Å². The normalized spacial score (nSPS) is 13.9. The van der Waals surface area contributed by atoms with Crippen LogP contribution < -0.4 is 0 Å². The van der Waals surface area contributed by atoms with Gasteiger partial charge in [0.2, 0.25) is 5.60 Å². The highest BCUT2D eigenvalue weighted by Crippen LogP contribution is 2.33. The van der Waals surface area contributed by atoms with Crippen molar-refractivity contribution in [2.45, 2.75) is 32.5 Å². The third kappa shape index (κ3) is 4.84. The number of alkyl halides is 3. The Kier molecular flexibility index (Phi) is 5.12. The molecule has 1 amide bonds. The summed E-state index contributed by atoms with van der Waals surface area (Å²) in [6.07, 6.45) is -1.72. The smallest absolute Gasteiger partial charge is 0.432 e. The summed E-state index contributed by atoms with van der Waals surface area (Å²) in [6, 6.07) is 0. The van der Waals surface area contributed by atoms with Crippen LogP contribution in [0.25, 0.3) is 0 Å². The summed E-state index contributed by atoms with van der Waals surface area (Å²) in [7, 11) is 0. The number of carbonyl (C=O) groups is 1. The molecule has 0 aliphatic heterocycles. The molecule has 0 aromatic carbocycles. The summed E-state index contributed by atoms with van der Waals surface area (Å²) in [5.41, 5.74) is -2.44. The molecule has 0 saturated carbocycles. The minimum absolute atomic E-state index is 0.135. The van der Waals surface area contributed by atoms with Gasteiger partial charge in [-0.3, -0.25) is 0 Å². The van der Waals surface area contributed by atoms with Crippen molar-refractivity contribution in [1.82, 2.24) is 0 Å². The summed E-state index contributed by atoms with van der Waals surface area (Å²) >= 11 is 0. The predicted molar refractivity (Wildman–Crippen MR) is 59.1 cm³/mol. The lowest BCUT2D eigenvalue weighted by Crippen LogP contribution is -2.43. The van der Waals surface area contributed by atoms with Crippen molar-refractivity contribution in [3.63, 3.8) is 0 Å². The van der Waals surface area contributed by atoms with Crippen molar-refractivity contribution in [2.24, 2.45) is 4.99 Å². The van der Waals surface area contributed by atoms with Gasteiger partial charge in [0, 0.05) is 0 Å². The molecule has 0 bridgehead atoms. The summed E-state index contributed by atoms with van der Waals surface area (Å²) in [4.78, 5) is 14.5. The molecular weight excluding hydrogens is 235 g/mol. The number of ether oxygens (including phenoxy) is 1. The molecule has 0 aliphatic rings. The van der Waals surface area contributed by atoms with E-state index < -0.39 is 17.9 Å². The van der Waals surface area contributed by atoms with Gasteiger partial charge in [-0.15, -0.1) is 0 Å². The van der Waals surface area contributed by atoms with Gasteiger partial charge in [-0.05, 0) is 32.9 Å². The van der Waals surface area contributed by atoms with E-state index >= 15 is 0 Å². The number of nitrogens with zero attached hydrogens (tertiary/aromatic N) is 1. The fraction of sp³-hybridized carbons (Fsp3) is 0.455. The maximum absolute atomic E-state index is 12.4. The first-order valence-electron chi connectivity index (χ1n) is 4.77. The van der Waals surface area contributed by atoms with Crippen LogP contribution >= 0.6 is 0 Å². The summed E-state index contributed by atoms with van der Waals surface area (Å²) in [5.74, 6) is 0. The third-order valence-electron chi connectivity index (χ3n) is 1.79. The van der Waals surface area contributed by atoms with Gasteiger partial charge in [-0.1, -0.05) is 12.7 Å². The van der Waals surface area contributed by atoms with Crippen LogP contribution in [-0.2, 0) is 4.74 Å². The van der Waals surface area contributed by atoms with Gasteiger partial charge in [-0.25, -0.2) is 4.79 Å². The number of carbonyl (C=O) groups excluding carboxylic acids is 1. The first-order chi connectivity index (χ1) is 7.64. The van der Waals surface area contributed by atoms with E-state index in [4.69, 9.17) is 0 Å². The highest BCUT2D eigenvalue weighted by Gasteiger charge is 2.50. The monoisotopic (exact) mass is 249 g/mol. The Hall–Kier alpha value is -1.59. The lowest BCUT2D eigenvalue weighted by Gasteiger charge is -2.26. The van der Waals surface area contributed by atoms with Crippen LogP contribution in [0.3, 0.4) is 0 Å². The molecule has 0 rings (SSSR count). The number of hydrogen-bond donors (Lipinski definition) is 0. The maximum Gasteiger partial charge on any atom is 0.434 e. The molecule has 0 fully saturated rings. The van der Waals surface area contributed by atoms with Gasteiger partial charge in [0.15, 0.2) is 0 Å². The van der Waals surface area contributed by atoms with E-state index in [1.54, 1.807) is 13.0 Å². The molecule has 17 heavy (non-hydrogen) atoms. The van der Waals surface area contributed by atoms with E-state index in [-0.39, 0.29) is 5.71 Å². The number of halogens is 3. The van der Waals surface area contributed by atoms with Crippen LogP contribution in [0.15, 0.2) is 29.8 Å². The fourth-order valence-electron chi connectivity index (χ4n) is 0.726. The summed E-state index contributed by atoms with van der Waals surface area (Å²) < 4.78 is 41.5. The molecule has 0 atom stereocenters. The average Bonchev–Trinajstić information content (AvgIpc) is 2.14. The molecular formula is C11H14F3NO2. The lowest BCUT2D eigenvalue weighted by atomic mass is 10.1. The molecule has 0 heterocycles. The van der Waals surface area contributed by atoms with Crippen LogP contribution in [-0.4, -0.2) is 23.6 Å².